The first-order chi connectivity index (χ1) is 11.0. The summed E-state index contributed by atoms with van der Waals surface area (Å²) in [5, 5.41) is 12.1. The molecule has 6 heteroatoms. The topological polar surface area (TPSA) is 72.9 Å². The minimum atomic E-state index is -0.780. The number of likely N-dealkylation sites (N-methyl/N-ethyl adjacent to an activating group) is 1. The number of carboxylic acids is 1. The summed E-state index contributed by atoms with van der Waals surface area (Å²) < 4.78 is 0. The van der Waals surface area contributed by atoms with Crippen molar-refractivity contribution in [3.05, 3.63) is 0 Å². The van der Waals surface area contributed by atoms with E-state index in [4.69, 9.17) is 5.11 Å². The molecule has 1 aliphatic carbocycles. The molecule has 0 spiro atoms. The Hall–Kier alpha value is -1.14. The van der Waals surface area contributed by atoms with E-state index in [1.54, 1.807) is 0 Å². The lowest BCUT2D eigenvalue weighted by Gasteiger charge is -2.29. The average molecular weight is 325 g/mol. The molecule has 0 radical (unpaired) electrons. The van der Waals surface area contributed by atoms with E-state index in [0.29, 0.717) is 12.1 Å². The van der Waals surface area contributed by atoms with Gasteiger partial charge in [-0.1, -0.05) is 12.8 Å². The van der Waals surface area contributed by atoms with Crippen molar-refractivity contribution >= 4 is 11.9 Å². The first-order valence-corrected chi connectivity index (χ1v) is 8.94. The van der Waals surface area contributed by atoms with Gasteiger partial charge in [0, 0.05) is 18.6 Å². The predicted octanol–water partition coefficient (Wildman–Crippen LogP) is 1.30. The van der Waals surface area contributed by atoms with E-state index in [1.807, 2.05) is 18.9 Å². The number of aliphatic carboxylic acids is 1. The van der Waals surface area contributed by atoms with E-state index in [9.17, 15) is 9.59 Å². The van der Waals surface area contributed by atoms with Crippen molar-refractivity contribution in [3.63, 3.8) is 0 Å². The fourth-order valence-electron chi connectivity index (χ4n) is 3.83. The van der Waals surface area contributed by atoms with Crippen LogP contribution in [-0.4, -0.2) is 71.6 Å². The van der Waals surface area contributed by atoms with E-state index >= 15 is 0 Å². The highest BCUT2D eigenvalue weighted by Gasteiger charge is 2.28. The zero-order valence-electron chi connectivity index (χ0n) is 14.5. The minimum absolute atomic E-state index is 0.0857. The Morgan fingerprint density at radius 3 is 2.52 bits per heavy atom. The maximum absolute atomic E-state index is 12.4. The second kappa shape index (κ2) is 8.64. The third-order valence-corrected chi connectivity index (χ3v) is 5.37. The summed E-state index contributed by atoms with van der Waals surface area (Å²) in [7, 11) is 1.88. The summed E-state index contributed by atoms with van der Waals surface area (Å²) in [6, 6.07) is 0.562. The van der Waals surface area contributed by atoms with E-state index in [2.05, 4.69) is 10.2 Å². The second-order valence-electron chi connectivity index (χ2n) is 7.10. The monoisotopic (exact) mass is 325 g/mol. The van der Waals surface area contributed by atoms with E-state index in [-0.39, 0.29) is 18.5 Å². The van der Waals surface area contributed by atoms with Crippen LogP contribution in [-0.2, 0) is 9.59 Å². The van der Waals surface area contributed by atoms with Gasteiger partial charge in [-0.05, 0) is 52.6 Å². The van der Waals surface area contributed by atoms with Crippen molar-refractivity contribution in [1.29, 1.82) is 0 Å². The standard InChI is InChI=1S/C17H31N3O3/c1-13(17(23)18-14-6-3-4-7-14)20-10-5-8-15(9-11-20)19(2)12-16(21)22/h13-15H,3-12H2,1-2H3,(H,18,23)(H,21,22). The number of rotatable bonds is 6. The Kier molecular flexibility index (Phi) is 6.84. The van der Waals surface area contributed by atoms with Crippen LogP contribution in [0.3, 0.4) is 0 Å². The summed E-state index contributed by atoms with van der Waals surface area (Å²) in [6.07, 6.45) is 7.60. The third-order valence-electron chi connectivity index (χ3n) is 5.37. The van der Waals surface area contributed by atoms with Gasteiger partial charge in [0.2, 0.25) is 5.91 Å². The molecule has 2 unspecified atom stereocenters. The zero-order valence-corrected chi connectivity index (χ0v) is 14.5. The molecule has 0 aromatic carbocycles. The van der Waals surface area contributed by atoms with Gasteiger partial charge in [0.15, 0.2) is 0 Å². The Labute approximate surface area is 139 Å². The highest BCUT2D eigenvalue weighted by molar-refractivity contribution is 5.81. The van der Waals surface area contributed by atoms with Gasteiger partial charge in [-0.25, -0.2) is 0 Å². The molecule has 0 aromatic rings. The lowest BCUT2D eigenvalue weighted by Crippen LogP contribution is -2.48. The Bertz CT molecular complexity index is 410. The normalized spacial score (nSPS) is 25.3. The average Bonchev–Trinajstić information content (AvgIpc) is 2.87. The predicted molar refractivity (Wildman–Crippen MR) is 89.3 cm³/mol. The Balaban J connectivity index is 1.81. The molecule has 1 saturated carbocycles. The number of carbonyl (C=O) groups excluding carboxylic acids is 1. The fourth-order valence-corrected chi connectivity index (χ4v) is 3.83. The van der Waals surface area contributed by atoms with Crippen molar-refractivity contribution in [3.8, 4) is 0 Å². The van der Waals surface area contributed by atoms with Gasteiger partial charge in [0.05, 0.1) is 12.6 Å². The van der Waals surface area contributed by atoms with Crippen molar-refractivity contribution in [2.45, 2.75) is 70.0 Å². The van der Waals surface area contributed by atoms with Crippen LogP contribution in [0.5, 0.6) is 0 Å². The molecule has 6 nitrogen and oxygen atoms in total. The number of likely N-dealkylation sites (tertiary alicyclic amines) is 1. The number of nitrogens with zero attached hydrogens (tertiary/aromatic N) is 2. The fraction of sp³-hybridized carbons (Fsp3) is 0.882. The van der Waals surface area contributed by atoms with Crippen molar-refractivity contribution in [1.82, 2.24) is 15.1 Å². The van der Waals surface area contributed by atoms with Gasteiger partial charge < -0.3 is 10.4 Å². The molecule has 132 valence electrons. The van der Waals surface area contributed by atoms with Gasteiger partial charge in [-0.15, -0.1) is 0 Å². The van der Waals surface area contributed by atoms with Crippen LogP contribution in [0, 0.1) is 0 Å². The molecule has 2 fully saturated rings. The molecule has 2 aliphatic rings. The lowest BCUT2D eigenvalue weighted by atomic mass is 10.1. The van der Waals surface area contributed by atoms with Gasteiger partial charge in [0.1, 0.15) is 0 Å². The van der Waals surface area contributed by atoms with Gasteiger partial charge in [0.25, 0.3) is 0 Å². The van der Waals surface area contributed by atoms with Crippen LogP contribution in [0.2, 0.25) is 0 Å². The number of hydrogen-bond donors (Lipinski definition) is 2. The largest absolute Gasteiger partial charge is 0.480 e. The number of carboxylic acid groups (broad SMARTS) is 1. The summed E-state index contributed by atoms with van der Waals surface area (Å²) in [5.41, 5.74) is 0. The molecule has 0 aromatic heterocycles. The van der Waals surface area contributed by atoms with Crippen molar-refractivity contribution in [2.24, 2.45) is 0 Å². The van der Waals surface area contributed by atoms with E-state index in [1.165, 1.54) is 12.8 Å². The molecule has 1 aliphatic heterocycles. The Morgan fingerprint density at radius 1 is 1.17 bits per heavy atom. The van der Waals surface area contributed by atoms with Gasteiger partial charge >= 0.3 is 5.97 Å². The molecule has 2 N–H and O–H groups in total. The summed E-state index contributed by atoms with van der Waals surface area (Å²) in [4.78, 5) is 27.5. The van der Waals surface area contributed by atoms with Crippen LogP contribution in [0.15, 0.2) is 0 Å². The summed E-state index contributed by atoms with van der Waals surface area (Å²) in [5.74, 6) is -0.632. The number of carbonyl (C=O) groups is 2. The number of hydrogen-bond acceptors (Lipinski definition) is 4. The smallest absolute Gasteiger partial charge is 0.317 e. The number of amides is 1. The Morgan fingerprint density at radius 2 is 1.87 bits per heavy atom. The maximum Gasteiger partial charge on any atom is 0.317 e. The number of nitrogens with one attached hydrogen (secondary N) is 1. The molecule has 1 amide bonds. The van der Waals surface area contributed by atoms with Crippen LogP contribution in [0.4, 0.5) is 0 Å². The lowest BCUT2D eigenvalue weighted by molar-refractivity contribution is -0.138. The molecule has 1 heterocycles. The molecule has 23 heavy (non-hydrogen) atoms. The van der Waals surface area contributed by atoms with Crippen LogP contribution in [0.1, 0.15) is 51.9 Å². The summed E-state index contributed by atoms with van der Waals surface area (Å²) >= 11 is 0. The van der Waals surface area contributed by atoms with Crippen molar-refractivity contribution < 1.29 is 14.7 Å². The first kappa shape index (κ1) is 18.2. The molecular weight excluding hydrogens is 294 g/mol. The highest BCUT2D eigenvalue weighted by Crippen LogP contribution is 2.20. The molecule has 0 bridgehead atoms. The van der Waals surface area contributed by atoms with Crippen molar-refractivity contribution in [2.75, 3.05) is 26.7 Å². The minimum Gasteiger partial charge on any atom is -0.480 e. The third kappa shape index (κ3) is 5.46. The van der Waals surface area contributed by atoms with Crippen LogP contribution in [0.25, 0.3) is 0 Å². The van der Waals surface area contributed by atoms with E-state index in [0.717, 1.165) is 45.2 Å². The maximum atomic E-state index is 12.4. The van der Waals surface area contributed by atoms with Gasteiger partial charge in [-0.3, -0.25) is 19.4 Å². The van der Waals surface area contributed by atoms with Crippen LogP contribution < -0.4 is 5.32 Å². The zero-order chi connectivity index (χ0) is 16.8. The molecule has 1 saturated heterocycles. The van der Waals surface area contributed by atoms with Gasteiger partial charge in [-0.2, -0.15) is 0 Å². The second-order valence-corrected chi connectivity index (χ2v) is 7.10. The first-order valence-electron chi connectivity index (χ1n) is 8.94. The van der Waals surface area contributed by atoms with E-state index < -0.39 is 5.97 Å². The SMILES string of the molecule is CC(C(=O)NC1CCCC1)N1CCCC(N(C)CC(=O)O)CC1. The quantitative estimate of drug-likeness (QED) is 0.770. The molecular formula is C17H31N3O3. The molecule has 2 atom stereocenters. The highest BCUT2D eigenvalue weighted by atomic mass is 16.4. The summed E-state index contributed by atoms with van der Waals surface area (Å²) in [6.45, 7) is 3.85. The molecule has 2 rings (SSSR count). The van der Waals surface area contributed by atoms with Crippen LogP contribution >= 0.6 is 0 Å².